The molecule has 1 aromatic heterocycles. The number of aromatic nitrogens is 1. The van der Waals surface area contributed by atoms with Crippen LogP contribution in [0.15, 0.2) is 24.4 Å². The number of rotatable bonds is 4. The van der Waals surface area contributed by atoms with E-state index in [1.165, 1.54) is 13.2 Å². The first-order chi connectivity index (χ1) is 13.9. The maximum Gasteiger partial charge on any atom is 0.165 e. The van der Waals surface area contributed by atoms with Crippen molar-refractivity contribution in [3.8, 4) is 5.75 Å². The van der Waals surface area contributed by atoms with Gasteiger partial charge in [0.1, 0.15) is 9.92 Å². The van der Waals surface area contributed by atoms with E-state index in [-0.39, 0.29) is 22.2 Å². The van der Waals surface area contributed by atoms with Crippen LogP contribution in [0.3, 0.4) is 0 Å². The zero-order chi connectivity index (χ0) is 20.2. The molecule has 2 saturated heterocycles. The zero-order valence-electron chi connectivity index (χ0n) is 16.7. The van der Waals surface area contributed by atoms with Crippen molar-refractivity contribution in [3.05, 3.63) is 30.2 Å². The van der Waals surface area contributed by atoms with Gasteiger partial charge < -0.3 is 9.64 Å². The Labute approximate surface area is 171 Å². The summed E-state index contributed by atoms with van der Waals surface area (Å²) in [5, 5.41) is 0.894. The van der Waals surface area contributed by atoms with Crippen molar-refractivity contribution < 1.29 is 13.3 Å². The van der Waals surface area contributed by atoms with Crippen molar-refractivity contribution in [2.75, 3.05) is 38.2 Å². The second-order valence-corrected chi connectivity index (χ2v) is 11.0. The molecule has 1 spiro atoms. The van der Waals surface area contributed by atoms with Crippen LogP contribution in [-0.4, -0.2) is 52.0 Å². The van der Waals surface area contributed by atoms with Crippen LogP contribution in [0.1, 0.15) is 32.1 Å². The number of fused-ring (bicyclic) bond motifs is 1. The minimum Gasteiger partial charge on any atom is -0.494 e. The number of halogens is 1. The molecule has 1 N–H and O–H groups in total. The highest BCUT2D eigenvalue weighted by molar-refractivity contribution is 7.91. The highest BCUT2D eigenvalue weighted by Gasteiger charge is 2.46. The summed E-state index contributed by atoms with van der Waals surface area (Å²) in [5.74, 6) is -0.167. The van der Waals surface area contributed by atoms with Crippen molar-refractivity contribution in [2.45, 2.75) is 37.4 Å². The number of methoxy groups -OCH3 is 1. The zero-order valence-corrected chi connectivity index (χ0v) is 17.5. The van der Waals surface area contributed by atoms with Crippen LogP contribution in [0.25, 0.3) is 10.9 Å². The molecule has 8 heteroatoms. The Kier molecular flexibility index (Phi) is 4.47. The Morgan fingerprint density at radius 1 is 1.24 bits per heavy atom. The third kappa shape index (κ3) is 3.26. The second kappa shape index (κ2) is 6.80. The molecule has 3 fully saturated rings. The third-order valence-corrected chi connectivity index (χ3v) is 9.37. The molecule has 1 atom stereocenters. The monoisotopic (exact) mass is 418 g/mol. The lowest BCUT2D eigenvalue weighted by Gasteiger charge is -2.40. The number of piperidine rings is 1. The maximum absolute atomic E-state index is 14.3. The lowest BCUT2D eigenvalue weighted by Crippen LogP contribution is -2.42. The van der Waals surface area contributed by atoms with Crippen molar-refractivity contribution in [1.29, 1.82) is 4.78 Å². The van der Waals surface area contributed by atoms with Gasteiger partial charge in [-0.1, -0.05) is 0 Å². The Balaban J connectivity index is 1.34. The summed E-state index contributed by atoms with van der Waals surface area (Å²) in [6, 6.07) is 5.12. The Morgan fingerprint density at radius 3 is 2.66 bits per heavy atom. The number of benzene rings is 1. The molecule has 6 nitrogen and oxygen atoms in total. The summed E-state index contributed by atoms with van der Waals surface area (Å²) in [7, 11) is -1.13. The molecule has 1 aliphatic carbocycles. The molecule has 156 valence electrons. The van der Waals surface area contributed by atoms with Gasteiger partial charge in [0.05, 0.1) is 17.9 Å². The van der Waals surface area contributed by atoms with Gasteiger partial charge in [-0.05, 0) is 49.7 Å². The van der Waals surface area contributed by atoms with E-state index in [1.807, 2.05) is 10.4 Å². The highest BCUT2D eigenvalue weighted by Crippen LogP contribution is 2.45. The summed E-state index contributed by atoms with van der Waals surface area (Å²) in [5.41, 5.74) is 1.89. The quantitative estimate of drug-likeness (QED) is 0.820. The highest BCUT2D eigenvalue weighted by atomic mass is 32.2. The summed E-state index contributed by atoms with van der Waals surface area (Å²) in [6.07, 6.45) is 6.68. The van der Waals surface area contributed by atoms with Crippen LogP contribution in [0, 0.1) is 16.0 Å². The fourth-order valence-electron chi connectivity index (χ4n) is 4.92. The van der Waals surface area contributed by atoms with Crippen molar-refractivity contribution >= 4 is 26.5 Å². The molecule has 3 aliphatic rings. The summed E-state index contributed by atoms with van der Waals surface area (Å²) >= 11 is 0. The van der Waals surface area contributed by atoms with Gasteiger partial charge in [-0.3, -0.25) is 4.98 Å². The molecule has 1 saturated carbocycles. The van der Waals surface area contributed by atoms with Gasteiger partial charge in [0, 0.05) is 49.5 Å². The predicted molar refractivity (Wildman–Crippen MR) is 112 cm³/mol. The lowest BCUT2D eigenvalue weighted by molar-refractivity contribution is 0.236. The standard InChI is InChI=1S/C21H27FN4O2S/c1-28-20-13-18-16(12-17(20)22)19(4-8-24-18)25-9-5-21(6-10-25)7-11-26(14-21)29(23,27)15-2-3-15/h4,8,12-13,15,23H,2-3,5-7,9-11,14H2,1H3/t29-/m0/s1. The Hall–Kier alpha value is -1.93. The predicted octanol–water partition coefficient (Wildman–Crippen LogP) is 3.80. The van der Waals surface area contributed by atoms with Crippen molar-refractivity contribution in [2.24, 2.45) is 5.41 Å². The molecule has 29 heavy (non-hydrogen) atoms. The average Bonchev–Trinajstić information content (AvgIpc) is 3.50. The van der Waals surface area contributed by atoms with E-state index in [0.29, 0.717) is 0 Å². The normalized spacial score (nSPS) is 24.1. The number of hydrogen-bond donors (Lipinski definition) is 1. The molecule has 2 aliphatic heterocycles. The molecule has 0 unspecified atom stereocenters. The molecule has 0 radical (unpaired) electrons. The maximum atomic E-state index is 14.3. The number of anilines is 1. The Morgan fingerprint density at radius 2 is 1.97 bits per heavy atom. The van der Waals surface area contributed by atoms with Gasteiger partial charge in [0.15, 0.2) is 11.6 Å². The number of pyridine rings is 1. The lowest BCUT2D eigenvalue weighted by atomic mass is 9.77. The second-order valence-electron chi connectivity index (χ2n) is 8.70. The van der Waals surface area contributed by atoms with Crippen LogP contribution < -0.4 is 9.64 Å². The first kappa shape index (κ1) is 19.1. The minimum absolute atomic E-state index is 0.0906. The summed E-state index contributed by atoms with van der Waals surface area (Å²) in [6.45, 7) is 3.32. The summed E-state index contributed by atoms with van der Waals surface area (Å²) < 4.78 is 42.5. The molecule has 5 rings (SSSR count). The van der Waals surface area contributed by atoms with Crippen LogP contribution in [0.5, 0.6) is 5.75 Å². The van der Waals surface area contributed by atoms with Gasteiger partial charge in [-0.2, -0.15) is 0 Å². The molecule has 0 amide bonds. The first-order valence-corrected chi connectivity index (χ1v) is 11.9. The fraction of sp³-hybridized carbons (Fsp3) is 0.571. The smallest absolute Gasteiger partial charge is 0.165 e. The number of nitrogens with one attached hydrogen (secondary N) is 1. The molecule has 0 bridgehead atoms. The topological polar surface area (TPSA) is 69.5 Å². The van der Waals surface area contributed by atoms with Gasteiger partial charge >= 0.3 is 0 Å². The number of nitrogens with zero attached hydrogens (tertiary/aromatic N) is 3. The van der Waals surface area contributed by atoms with Crippen molar-refractivity contribution in [1.82, 2.24) is 9.29 Å². The number of hydrogen-bond acceptors (Lipinski definition) is 5. The minimum atomic E-state index is -2.59. The van der Waals surface area contributed by atoms with Gasteiger partial charge in [-0.25, -0.2) is 17.7 Å². The van der Waals surface area contributed by atoms with E-state index in [4.69, 9.17) is 9.52 Å². The largest absolute Gasteiger partial charge is 0.494 e. The van der Waals surface area contributed by atoms with Crippen LogP contribution in [0.2, 0.25) is 0 Å². The van der Waals surface area contributed by atoms with E-state index < -0.39 is 9.92 Å². The van der Waals surface area contributed by atoms with E-state index >= 15 is 0 Å². The summed E-state index contributed by atoms with van der Waals surface area (Å²) in [4.78, 5) is 6.69. The SMILES string of the molecule is COc1cc2nccc(N3CCC4(CC3)CCN([S@](=N)(=O)C3CC3)C4)c2cc1F. The van der Waals surface area contributed by atoms with Gasteiger partial charge in [0.2, 0.25) is 0 Å². The van der Waals surface area contributed by atoms with Gasteiger partial charge in [-0.15, -0.1) is 0 Å². The molecular formula is C21H27FN4O2S. The van der Waals surface area contributed by atoms with E-state index in [2.05, 4.69) is 9.88 Å². The van der Waals surface area contributed by atoms with Crippen LogP contribution in [-0.2, 0) is 9.92 Å². The van der Waals surface area contributed by atoms with Crippen molar-refractivity contribution in [3.63, 3.8) is 0 Å². The van der Waals surface area contributed by atoms with E-state index in [0.717, 1.165) is 74.9 Å². The molecule has 2 aromatic rings. The van der Waals surface area contributed by atoms with E-state index in [1.54, 1.807) is 12.3 Å². The van der Waals surface area contributed by atoms with Gasteiger partial charge in [0.25, 0.3) is 0 Å². The third-order valence-electron chi connectivity index (χ3n) is 6.92. The molecule has 1 aromatic carbocycles. The van der Waals surface area contributed by atoms with Crippen LogP contribution in [0.4, 0.5) is 10.1 Å². The molecule has 3 heterocycles. The van der Waals surface area contributed by atoms with E-state index in [9.17, 15) is 8.60 Å². The first-order valence-electron chi connectivity index (χ1n) is 10.3. The molecular weight excluding hydrogens is 391 g/mol. The Bertz CT molecular complexity index is 1050. The number of ether oxygens (including phenoxy) is 1. The average molecular weight is 419 g/mol. The fourth-order valence-corrected chi connectivity index (χ4v) is 6.94. The van der Waals surface area contributed by atoms with Crippen LogP contribution >= 0.6 is 0 Å².